The van der Waals surface area contributed by atoms with Crippen LogP contribution in [-0.4, -0.2) is 45.2 Å². The molecule has 7 heteroatoms. The van der Waals surface area contributed by atoms with E-state index >= 15 is 0 Å². The van der Waals surface area contributed by atoms with E-state index in [1.165, 1.54) is 4.52 Å². The number of carbonyl (C=O) groups is 1. The van der Waals surface area contributed by atoms with Gasteiger partial charge in [0, 0.05) is 36.9 Å². The Balaban J connectivity index is 1.61. The predicted octanol–water partition coefficient (Wildman–Crippen LogP) is 2.51. The highest BCUT2D eigenvalue weighted by Crippen LogP contribution is 2.36. The highest BCUT2D eigenvalue weighted by atomic mass is 16.5. The van der Waals surface area contributed by atoms with E-state index in [1.807, 2.05) is 17.9 Å². The number of ether oxygens (including phenoxy) is 1. The molecular formula is C20H28N4O3. The van der Waals surface area contributed by atoms with Crippen LogP contribution < -0.4 is 5.56 Å². The fourth-order valence-corrected chi connectivity index (χ4v) is 4.58. The van der Waals surface area contributed by atoms with Crippen LogP contribution in [0.5, 0.6) is 0 Å². The van der Waals surface area contributed by atoms with Crippen molar-refractivity contribution in [3.63, 3.8) is 0 Å². The fourth-order valence-electron chi connectivity index (χ4n) is 4.58. The van der Waals surface area contributed by atoms with E-state index in [2.05, 4.69) is 10.1 Å². The van der Waals surface area contributed by atoms with E-state index in [0.717, 1.165) is 56.5 Å². The second-order valence-electron chi connectivity index (χ2n) is 7.94. The molecule has 1 saturated carbocycles. The Hall–Kier alpha value is -2.15. The number of nitrogens with one attached hydrogen (secondary N) is 1. The van der Waals surface area contributed by atoms with Gasteiger partial charge >= 0.3 is 0 Å². The van der Waals surface area contributed by atoms with Crippen LogP contribution in [0.4, 0.5) is 0 Å². The number of aromatic amines is 1. The van der Waals surface area contributed by atoms with Gasteiger partial charge in [0.1, 0.15) is 0 Å². The standard InChI is InChI=1S/C20H28N4O3/c1-12-13(2)21-18-11-16(22-24(18)19(12)25)17-8-5-9-23(17)20(26)14-6-4-7-15(10-14)27-3/h11,14-15,17,22H,4-10H2,1-3H3/t14-,15-,17-/m1/s1. The van der Waals surface area contributed by atoms with Crippen molar-refractivity contribution in [2.45, 2.75) is 64.5 Å². The van der Waals surface area contributed by atoms with Crippen LogP contribution >= 0.6 is 0 Å². The molecule has 1 N–H and O–H groups in total. The quantitative estimate of drug-likeness (QED) is 0.898. The van der Waals surface area contributed by atoms with Crippen LogP contribution in [0.1, 0.15) is 61.5 Å². The minimum atomic E-state index is -0.0742. The molecule has 1 aliphatic carbocycles. The number of amides is 1. The van der Waals surface area contributed by atoms with Gasteiger partial charge in [-0.25, -0.2) is 9.50 Å². The number of rotatable bonds is 3. The Morgan fingerprint density at radius 2 is 2.07 bits per heavy atom. The molecule has 3 heterocycles. The number of hydrogen-bond donors (Lipinski definition) is 1. The van der Waals surface area contributed by atoms with E-state index in [9.17, 15) is 9.59 Å². The Morgan fingerprint density at radius 3 is 2.85 bits per heavy atom. The lowest BCUT2D eigenvalue weighted by atomic mass is 9.86. The van der Waals surface area contributed by atoms with Crippen LogP contribution in [-0.2, 0) is 9.53 Å². The van der Waals surface area contributed by atoms with Gasteiger partial charge in [0.2, 0.25) is 5.91 Å². The monoisotopic (exact) mass is 372 g/mol. The normalized spacial score (nSPS) is 26.0. The molecule has 1 amide bonds. The van der Waals surface area contributed by atoms with Gasteiger partial charge in [-0.05, 0) is 46.0 Å². The van der Waals surface area contributed by atoms with Crippen LogP contribution in [0.3, 0.4) is 0 Å². The summed E-state index contributed by atoms with van der Waals surface area (Å²) in [5, 5.41) is 3.20. The number of carbonyl (C=O) groups excluding carboxylic acids is 1. The summed E-state index contributed by atoms with van der Waals surface area (Å²) in [4.78, 5) is 32.2. The zero-order valence-corrected chi connectivity index (χ0v) is 16.3. The molecule has 1 saturated heterocycles. The number of likely N-dealkylation sites (tertiary alicyclic amines) is 1. The lowest BCUT2D eigenvalue weighted by molar-refractivity contribution is -0.139. The zero-order chi connectivity index (χ0) is 19.1. The van der Waals surface area contributed by atoms with Crippen LogP contribution in [0.15, 0.2) is 10.9 Å². The van der Waals surface area contributed by atoms with Gasteiger partial charge in [0.05, 0.1) is 17.8 Å². The van der Waals surface area contributed by atoms with E-state index in [-0.39, 0.29) is 29.5 Å². The molecule has 3 atom stereocenters. The summed E-state index contributed by atoms with van der Waals surface area (Å²) in [5.41, 5.74) is 2.84. The average Bonchev–Trinajstić information content (AvgIpc) is 3.32. The van der Waals surface area contributed by atoms with Crippen LogP contribution in [0.2, 0.25) is 0 Å². The third kappa shape index (κ3) is 3.18. The molecule has 7 nitrogen and oxygen atoms in total. The Morgan fingerprint density at radius 1 is 1.26 bits per heavy atom. The van der Waals surface area contributed by atoms with Crippen LogP contribution in [0, 0.1) is 19.8 Å². The lowest BCUT2D eigenvalue weighted by Crippen LogP contribution is -2.39. The number of methoxy groups -OCH3 is 1. The highest BCUT2D eigenvalue weighted by molar-refractivity contribution is 5.79. The lowest BCUT2D eigenvalue weighted by Gasteiger charge is -2.32. The Bertz CT molecular complexity index is 916. The third-order valence-corrected chi connectivity index (χ3v) is 6.31. The molecule has 0 radical (unpaired) electrons. The summed E-state index contributed by atoms with van der Waals surface area (Å²) in [7, 11) is 1.73. The number of aryl methyl sites for hydroxylation is 1. The first kappa shape index (κ1) is 18.2. The van der Waals surface area contributed by atoms with Crippen molar-refractivity contribution in [2.24, 2.45) is 5.92 Å². The van der Waals surface area contributed by atoms with Crippen molar-refractivity contribution in [1.82, 2.24) is 19.5 Å². The highest BCUT2D eigenvalue weighted by Gasteiger charge is 2.37. The molecule has 27 heavy (non-hydrogen) atoms. The summed E-state index contributed by atoms with van der Waals surface area (Å²) >= 11 is 0. The molecule has 0 unspecified atom stereocenters. The van der Waals surface area contributed by atoms with Crippen molar-refractivity contribution in [3.8, 4) is 0 Å². The van der Waals surface area contributed by atoms with Gasteiger partial charge in [-0.2, -0.15) is 0 Å². The molecule has 1 aliphatic heterocycles. The minimum Gasteiger partial charge on any atom is -0.381 e. The maximum Gasteiger partial charge on any atom is 0.275 e. The topological polar surface area (TPSA) is 79.7 Å². The number of fused-ring (bicyclic) bond motifs is 1. The van der Waals surface area contributed by atoms with Gasteiger partial charge in [-0.1, -0.05) is 6.42 Å². The molecular weight excluding hydrogens is 344 g/mol. The van der Waals surface area contributed by atoms with E-state index in [1.54, 1.807) is 14.0 Å². The smallest absolute Gasteiger partial charge is 0.275 e. The SMILES string of the molecule is CO[C@@H]1CCC[C@@H](C(=O)N2CCC[C@@H]2c2cc3nc(C)c(C)c(=O)n3[nH]2)C1. The summed E-state index contributed by atoms with van der Waals surface area (Å²) in [5.74, 6) is 0.268. The van der Waals surface area contributed by atoms with Crippen molar-refractivity contribution in [2.75, 3.05) is 13.7 Å². The maximum atomic E-state index is 13.2. The summed E-state index contributed by atoms with van der Waals surface area (Å²) in [6.07, 6.45) is 5.91. The second-order valence-corrected chi connectivity index (χ2v) is 7.94. The molecule has 2 aromatic rings. The first-order chi connectivity index (χ1) is 13.0. The van der Waals surface area contributed by atoms with Crippen molar-refractivity contribution >= 4 is 11.6 Å². The van der Waals surface area contributed by atoms with Crippen LogP contribution in [0.25, 0.3) is 5.65 Å². The van der Waals surface area contributed by atoms with Crippen molar-refractivity contribution < 1.29 is 9.53 Å². The van der Waals surface area contributed by atoms with Gasteiger partial charge in [0.15, 0.2) is 5.65 Å². The van der Waals surface area contributed by atoms with Gasteiger partial charge in [-0.3, -0.25) is 14.7 Å². The molecule has 2 fully saturated rings. The number of aromatic nitrogens is 3. The molecule has 0 bridgehead atoms. The number of H-pyrrole nitrogens is 1. The van der Waals surface area contributed by atoms with Gasteiger partial charge < -0.3 is 9.64 Å². The van der Waals surface area contributed by atoms with E-state index in [4.69, 9.17) is 4.74 Å². The number of hydrogen-bond acceptors (Lipinski definition) is 4. The first-order valence-corrected chi connectivity index (χ1v) is 9.91. The van der Waals surface area contributed by atoms with Crippen molar-refractivity contribution in [1.29, 1.82) is 0 Å². The Kier molecular flexibility index (Phi) is 4.80. The largest absolute Gasteiger partial charge is 0.381 e. The Labute approximate surface area is 158 Å². The number of nitrogens with zero attached hydrogens (tertiary/aromatic N) is 3. The summed E-state index contributed by atoms with van der Waals surface area (Å²) < 4.78 is 7.00. The third-order valence-electron chi connectivity index (χ3n) is 6.31. The average molecular weight is 372 g/mol. The van der Waals surface area contributed by atoms with Gasteiger partial charge in [-0.15, -0.1) is 0 Å². The first-order valence-electron chi connectivity index (χ1n) is 9.91. The molecule has 2 aliphatic rings. The molecule has 2 aromatic heterocycles. The summed E-state index contributed by atoms with van der Waals surface area (Å²) in [6, 6.07) is 1.91. The minimum absolute atomic E-state index is 0.0119. The molecule has 146 valence electrons. The molecule has 0 aromatic carbocycles. The maximum absolute atomic E-state index is 13.2. The predicted molar refractivity (Wildman–Crippen MR) is 102 cm³/mol. The van der Waals surface area contributed by atoms with Crippen molar-refractivity contribution in [3.05, 3.63) is 33.4 Å². The summed E-state index contributed by atoms with van der Waals surface area (Å²) in [6.45, 7) is 4.41. The van der Waals surface area contributed by atoms with Gasteiger partial charge in [0.25, 0.3) is 5.56 Å². The van der Waals surface area contributed by atoms with E-state index in [0.29, 0.717) is 11.2 Å². The second kappa shape index (κ2) is 7.11. The van der Waals surface area contributed by atoms with E-state index < -0.39 is 0 Å². The molecule has 4 rings (SSSR count). The zero-order valence-electron chi connectivity index (χ0n) is 16.3. The molecule has 0 spiro atoms. The fraction of sp³-hybridized carbons (Fsp3) is 0.650.